The molecule has 0 saturated carbocycles. The van der Waals surface area contributed by atoms with Crippen molar-refractivity contribution < 1.29 is 23.5 Å². The minimum atomic E-state index is -1.09. The number of rotatable bonds is 12. The molecule has 0 saturated heterocycles. The van der Waals surface area contributed by atoms with Crippen LogP contribution in [0.1, 0.15) is 65.4 Å². The van der Waals surface area contributed by atoms with Crippen LogP contribution >= 0.6 is 15.9 Å². The zero-order chi connectivity index (χ0) is 21.2. The summed E-state index contributed by atoms with van der Waals surface area (Å²) in [4.78, 5) is 25.4. The van der Waals surface area contributed by atoms with Gasteiger partial charge in [0.05, 0.1) is 13.2 Å². The minimum Gasteiger partial charge on any atom is -0.465 e. The van der Waals surface area contributed by atoms with Crippen molar-refractivity contribution in [1.29, 1.82) is 0 Å². The molecule has 0 aliphatic carbocycles. The Kier molecular flexibility index (Phi) is 10.7. The molecule has 0 fully saturated rings. The lowest BCUT2D eigenvalue weighted by Crippen LogP contribution is -2.43. The van der Waals surface area contributed by atoms with Crippen LogP contribution in [-0.2, 0) is 25.5 Å². The molecule has 0 aliphatic rings. The van der Waals surface area contributed by atoms with Gasteiger partial charge in [-0.1, -0.05) is 61.5 Å². The van der Waals surface area contributed by atoms with E-state index in [4.69, 9.17) is 9.47 Å². The number of carbonyl (C=O) groups is 2. The van der Waals surface area contributed by atoms with Gasteiger partial charge in [-0.25, -0.2) is 4.39 Å². The fourth-order valence-electron chi connectivity index (χ4n) is 3.51. The summed E-state index contributed by atoms with van der Waals surface area (Å²) >= 11 is 3.26. The van der Waals surface area contributed by atoms with Crippen LogP contribution in [0.2, 0.25) is 0 Å². The number of ether oxygens (including phenoxy) is 2. The van der Waals surface area contributed by atoms with E-state index in [1.54, 1.807) is 26.0 Å². The predicted octanol–water partition coefficient (Wildman–Crippen LogP) is 5.85. The molecule has 1 unspecified atom stereocenters. The molecule has 1 atom stereocenters. The first-order chi connectivity index (χ1) is 13.3. The van der Waals surface area contributed by atoms with E-state index in [0.717, 1.165) is 25.7 Å². The van der Waals surface area contributed by atoms with E-state index in [1.165, 1.54) is 6.07 Å². The SMILES string of the molecule is CCCCCCC(C)(Cc1ccc(Br)cc1F)C(C(=O)OCC)C(=O)OCC. The third kappa shape index (κ3) is 7.19. The number of esters is 2. The van der Waals surface area contributed by atoms with Gasteiger partial charge in [0.25, 0.3) is 0 Å². The highest BCUT2D eigenvalue weighted by molar-refractivity contribution is 9.10. The number of hydrogen-bond acceptors (Lipinski definition) is 4. The van der Waals surface area contributed by atoms with Gasteiger partial charge >= 0.3 is 11.9 Å². The third-order valence-electron chi connectivity index (χ3n) is 4.95. The monoisotopic (exact) mass is 458 g/mol. The normalized spacial score (nSPS) is 13.2. The summed E-state index contributed by atoms with van der Waals surface area (Å²) in [6.45, 7) is 7.73. The van der Waals surface area contributed by atoms with Gasteiger partial charge in [0.15, 0.2) is 5.92 Å². The molecule has 1 aromatic rings. The molecule has 0 heterocycles. The van der Waals surface area contributed by atoms with E-state index in [2.05, 4.69) is 22.9 Å². The number of hydrogen-bond donors (Lipinski definition) is 0. The second-order valence-electron chi connectivity index (χ2n) is 7.31. The van der Waals surface area contributed by atoms with Crippen molar-refractivity contribution in [2.24, 2.45) is 11.3 Å². The quantitative estimate of drug-likeness (QED) is 0.224. The Bertz CT molecular complexity index is 631. The molecule has 28 heavy (non-hydrogen) atoms. The topological polar surface area (TPSA) is 52.6 Å². The predicted molar refractivity (Wildman–Crippen MR) is 111 cm³/mol. The molecule has 1 aromatic carbocycles. The molecule has 0 amide bonds. The average Bonchev–Trinajstić information content (AvgIpc) is 2.62. The molecule has 0 bridgehead atoms. The summed E-state index contributed by atoms with van der Waals surface area (Å²) < 4.78 is 25.5. The molecule has 1 rings (SSSR count). The van der Waals surface area contributed by atoms with Crippen LogP contribution in [0.3, 0.4) is 0 Å². The van der Waals surface area contributed by atoms with Crippen LogP contribution in [0.15, 0.2) is 22.7 Å². The van der Waals surface area contributed by atoms with Crippen LogP contribution < -0.4 is 0 Å². The molecule has 0 aromatic heterocycles. The summed E-state index contributed by atoms with van der Waals surface area (Å²) in [5.41, 5.74) is -0.333. The fraction of sp³-hybridized carbons (Fsp3) is 0.636. The van der Waals surface area contributed by atoms with Crippen LogP contribution in [0, 0.1) is 17.2 Å². The van der Waals surface area contributed by atoms with Crippen molar-refractivity contribution in [2.75, 3.05) is 13.2 Å². The zero-order valence-corrected chi connectivity index (χ0v) is 18.9. The molecule has 0 aliphatic heterocycles. The van der Waals surface area contributed by atoms with Gasteiger partial charge in [0.2, 0.25) is 0 Å². The van der Waals surface area contributed by atoms with Gasteiger partial charge in [0.1, 0.15) is 5.82 Å². The Balaban J connectivity index is 3.26. The van der Waals surface area contributed by atoms with E-state index < -0.39 is 23.3 Å². The van der Waals surface area contributed by atoms with Crippen LogP contribution in [0.5, 0.6) is 0 Å². The lowest BCUT2D eigenvalue weighted by Gasteiger charge is -2.35. The second-order valence-corrected chi connectivity index (χ2v) is 8.23. The molecule has 158 valence electrons. The van der Waals surface area contributed by atoms with Gasteiger partial charge < -0.3 is 9.47 Å². The summed E-state index contributed by atoms with van der Waals surface area (Å²) in [7, 11) is 0. The van der Waals surface area contributed by atoms with Crippen molar-refractivity contribution in [3.05, 3.63) is 34.1 Å². The van der Waals surface area contributed by atoms with E-state index in [1.807, 2.05) is 6.92 Å². The largest absolute Gasteiger partial charge is 0.465 e. The summed E-state index contributed by atoms with van der Waals surface area (Å²) in [6.07, 6.45) is 4.85. The lowest BCUT2D eigenvalue weighted by molar-refractivity contribution is -0.168. The summed E-state index contributed by atoms with van der Waals surface area (Å²) in [5.74, 6) is -2.65. The molecule has 6 heteroatoms. The van der Waals surface area contributed by atoms with E-state index in [-0.39, 0.29) is 25.5 Å². The molecule has 0 radical (unpaired) electrons. The fourth-order valence-corrected chi connectivity index (χ4v) is 3.84. The Morgan fingerprint density at radius 1 is 1.07 bits per heavy atom. The molecule has 0 N–H and O–H groups in total. The Morgan fingerprint density at radius 3 is 2.18 bits per heavy atom. The van der Waals surface area contributed by atoms with Crippen molar-refractivity contribution in [1.82, 2.24) is 0 Å². The van der Waals surface area contributed by atoms with Crippen molar-refractivity contribution >= 4 is 27.9 Å². The van der Waals surface area contributed by atoms with E-state index in [9.17, 15) is 14.0 Å². The minimum absolute atomic E-state index is 0.174. The van der Waals surface area contributed by atoms with Gasteiger partial charge in [0, 0.05) is 4.47 Å². The number of unbranched alkanes of at least 4 members (excludes halogenated alkanes) is 3. The molecule has 4 nitrogen and oxygen atoms in total. The first kappa shape index (κ1) is 24.6. The maximum atomic E-state index is 14.5. The van der Waals surface area contributed by atoms with E-state index >= 15 is 0 Å². The summed E-state index contributed by atoms with van der Waals surface area (Å²) in [6, 6.07) is 4.85. The third-order valence-corrected chi connectivity index (χ3v) is 5.45. The van der Waals surface area contributed by atoms with E-state index in [0.29, 0.717) is 16.5 Å². The van der Waals surface area contributed by atoms with Gasteiger partial charge in [-0.3, -0.25) is 9.59 Å². The number of halogens is 2. The van der Waals surface area contributed by atoms with Gasteiger partial charge in [-0.15, -0.1) is 0 Å². The maximum Gasteiger partial charge on any atom is 0.320 e. The molecular weight excluding hydrogens is 427 g/mol. The summed E-state index contributed by atoms with van der Waals surface area (Å²) in [5, 5.41) is 0. The smallest absolute Gasteiger partial charge is 0.320 e. The Morgan fingerprint density at radius 2 is 1.68 bits per heavy atom. The highest BCUT2D eigenvalue weighted by atomic mass is 79.9. The second kappa shape index (κ2) is 12.2. The highest BCUT2D eigenvalue weighted by Crippen LogP contribution is 2.39. The molecule has 0 spiro atoms. The van der Waals surface area contributed by atoms with Crippen molar-refractivity contribution in [3.8, 4) is 0 Å². The first-order valence-electron chi connectivity index (χ1n) is 10.1. The van der Waals surface area contributed by atoms with Gasteiger partial charge in [-0.05, 0) is 49.8 Å². The van der Waals surface area contributed by atoms with Crippen LogP contribution in [0.4, 0.5) is 4.39 Å². The standard InChI is InChI=1S/C22H32BrFO4/c1-5-8-9-10-13-22(4,15-16-11-12-17(23)14-18(16)24)19(20(25)27-6-2)21(26)28-7-3/h11-12,14,19H,5-10,13,15H2,1-4H3. The zero-order valence-electron chi connectivity index (χ0n) is 17.4. The number of carbonyl (C=O) groups excluding carboxylic acids is 2. The van der Waals surface area contributed by atoms with Gasteiger partial charge in [-0.2, -0.15) is 0 Å². The Labute approximate surface area is 176 Å². The van der Waals surface area contributed by atoms with Crippen molar-refractivity contribution in [2.45, 2.75) is 66.2 Å². The highest BCUT2D eigenvalue weighted by Gasteiger charge is 2.46. The Hall–Kier alpha value is -1.43. The maximum absolute atomic E-state index is 14.5. The van der Waals surface area contributed by atoms with Crippen LogP contribution in [0.25, 0.3) is 0 Å². The average molecular weight is 459 g/mol. The van der Waals surface area contributed by atoms with Crippen molar-refractivity contribution in [3.63, 3.8) is 0 Å². The first-order valence-corrected chi connectivity index (χ1v) is 10.9. The van der Waals surface area contributed by atoms with Crippen LogP contribution in [-0.4, -0.2) is 25.2 Å². The lowest BCUT2D eigenvalue weighted by atomic mass is 9.69. The molecular formula is C22H32BrFO4. The number of benzene rings is 1.